The molecule has 2 heterocycles. The predicted octanol–water partition coefficient (Wildman–Crippen LogP) is 2.75. The van der Waals surface area contributed by atoms with Crippen molar-refractivity contribution in [3.8, 4) is 0 Å². The Hall–Kier alpha value is -4.01. The first kappa shape index (κ1) is 17.4. The highest BCUT2D eigenvalue weighted by molar-refractivity contribution is 6.05. The van der Waals surface area contributed by atoms with Crippen molar-refractivity contribution >= 4 is 34.3 Å². The van der Waals surface area contributed by atoms with E-state index in [1.807, 2.05) is 12.1 Å². The number of benzene rings is 2. The molecule has 0 aliphatic heterocycles. The van der Waals surface area contributed by atoms with Gasteiger partial charge in [0.2, 0.25) is 5.95 Å². The van der Waals surface area contributed by atoms with Crippen molar-refractivity contribution in [2.75, 3.05) is 11.1 Å². The third-order valence-electron chi connectivity index (χ3n) is 4.09. The van der Waals surface area contributed by atoms with Crippen molar-refractivity contribution in [3.63, 3.8) is 0 Å². The summed E-state index contributed by atoms with van der Waals surface area (Å²) in [5, 5.41) is 13.5. The summed E-state index contributed by atoms with van der Waals surface area (Å²) in [5.74, 6) is 0.0470. The van der Waals surface area contributed by atoms with Gasteiger partial charge in [0, 0.05) is 23.8 Å². The van der Waals surface area contributed by atoms with Gasteiger partial charge in [-0.25, -0.2) is 9.37 Å². The standard InChI is InChI=1S/C19H16FN7O/c20-12-3-1-11(2-4-12)10-23-18(28)17-14-9-13(5-6-15(14)26-27-17)24-16-7-8-22-19(21)25-16/h1-9H,10H2,(H,23,28)(H,26,27)(H3,21,22,24,25). The van der Waals surface area contributed by atoms with Gasteiger partial charge in [-0.3, -0.25) is 9.89 Å². The molecule has 0 aliphatic rings. The van der Waals surface area contributed by atoms with Gasteiger partial charge in [-0.05, 0) is 42.0 Å². The number of hydrogen-bond acceptors (Lipinski definition) is 6. The highest BCUT2D eigenvalue weighted by atomic mass is 19.1. The van der Waals surface area contributed by atoms with Gasteiger partial charge in [0.25, 0.3) is 5.91 Å². The van der Waals surface area contributed by atoms with Crippen molar-refractivity contribution in [1.82, 2.24) is 25.5 Å². The first-order chi connectivity index (χ1) is 13.6. The summed E-state index contributed by atoms with van der Waals surface area (Å²) in [7, 11) is 0. The molecule has 8 nitrogen and oxygen atoms in total. The number of hydrogen-bond donors (Lipinski definition) is 4. The van der Waals surface area contributed by atoms with Crippen LogP contribution in [0.25, 0.3) is 10.9 Å². The number of nitrogens with one attached hydrogen (secondary N) is 3. The summed E-state index contributed by atoms with van der Waals surface area (Å²) in [6.45, 7) is 0.269. The maximum absolute atomic E-state index is 13.0. The fourth-order valence-electron chi connectivity index (χ4n) is 2.72. The van der Waals surface area contributed by atoms with E-state index in [0.29, 0.717) is 11.2 Å². The fraction of sp³-hybridized carbons (Fsp3) is 0.0526. The van der Waals surface area contributed by atoms with Gasteiger partial charge in [-0.2, -0.15) is 10.1 Å². The fourth-order valence-corrected chi connectivity index (χ4v) is 2.72. The molecule has 0 saturated carbocycles. The summed E-state index contributed by atoms with van der Waals surface area (Å²) >= 11 is 0. The molecule has 9 heteroatoms. The van der Waals surface area contributed by atoms with Crippen molar-refractivity contribution in [3.05, 3.63) is 71.8 Å². The van der Waals surface area contributed by atoms with Crippen LogP contribution in [0.1, 0.15) is 16.1 Å². The average Bonchev–Trinajstić information content (AvgIpc) is 3.11. The molecule has 0 radical (unpaired) electrons. The molecule has 4 aromatic rings. The quantitative estimate of drug-likeness (QED) is 0.424. The molecular weight excluding hydrogens is 361 g/mol. The molecule has 5 N–H and O–H groups in total. The van der Waals surface area contributed by atoms with Crippen molar-refractivity contribution in [1.29, 1.82) is 0 Å². The number of aromatic amines is 1. The second kappa shape index (κ2) is 7.31. The molecule has 0 saturated heterocycles. The van der Waals surface area contributed by atoms with Crippen molar-refractivity contribution in [2.45, 2.75) is 6.54 Å². The predicted molar refractivity (Wildman–Crippen MR) is 103 cm³/mol. The first-order valence-electron chi connectivity index (χ1n) is 8.45. The molecule has 0 unspecified atom stereocenters. The third kappa shape index (κ3) is 3.73. The van der Waals surface area contributed by atoms with Crippen LogP contribution < -0.4 is 16.4 Å². The Morgan fingerprint density at radius 1 is 1.14 bits per heavy atom. The molecule has 0 spiro atoms. The Labute approximate surface area is 159 Å². The summed E-state index contributed by atoms with van der Waals surface area (Å²) < 4.78 is 13.0. The highest BCUT2D eigenvalue weighted by Gasteiger charge is 2.14. The number of nitrogen functional groups attached to an aromatic ring is 1. The molecule has 4 rings (SSSR count). The van der Waals surface area contributed by atoms with Crippen LogP contribution in [0, 0.1) is 5.82 Å². The zero-order chi connectivity index (χ0) is 19.5. The largest absolute Gasteiger partial charge is 0.368 e. The summed E-state index contributed by atoms with van der Waals surface area (Å²) in [5.41, 5.74) is 8.09. The lowest BCUT2D eigenvalue weighted by atomic mass is 10.1. The Bertz CT molecular complexity index is 1140. The van der Waals surface area contributed by atoms with Crippen LogP contribution in [0.4, 0.5) is 21.8 Å². The highest BCUT2D eigenvalue weighted by Crippen LogP contribution is 2.23. The van der Waals surface area contributed by atoms with Gasteiger partial charge >= 0.3 is 0 Å². The van der Waals surface area contributed by atoms with Crippen LogP contribution >= 0.6 is 0 Å². The molecule has 28 heavy (non-hydrogen) atoms. The van der Waals surface area contributed by atoms with E-state index in [9.17, 15) is 9.18 Å². The van der Waals surface area contributed by atoms with Gasteiger partial charge in [-0.1, -0.05) is 12.1 Å². The van der Waals surface area contributed by atoms with Gasteiger partial charge < -0.3 is 16.4 Å². The number of aromatic nitrogens is 4. The molecule has 0 aliphatic carbocycles. The summed E-state index contributed by atoms with van der Waals surface area (Å²) in [4.78, 5) is 20.5. The number of halogens is 1. The molecule has 2 aromatic carbocycles. The number of carbonyl (C=O) groups is 1. The lowest BCUT2D eigenvalue weighted by Crippen LogP contribution is -2.23. The van der Waals surface area contributed by atoms with Crippen LogP contribution in [-0.2, 0) is 6.54 Å². The van der Waals surface area contributed by atoms with E-state index >= 15 is 0 Å². The molecule has 2 aromatic heterocycles. The number of nitrogens with zero attached hydrogens (tertiary/aromatic N) is 3. The number of anilines is 3. The number of carbonyl (C=O) groups excluding carboxylic acids is 1. The molecule has 0 bridgehead atoms. The van der Waals surface area contributed by atoms with Crippen LogP contribution in [-0.4, -0.2) is 26.1 Å². The Kier molecular flexibility index (Phi) is 4.55. The van der Waals surface area contributed by atoms with E-state index in [1.54, 1.807) is 30.5 Å². The number of nitrogens with two attached hydrogens (primary N) is 1. The maximum atomic E-state index is 13.0. The van der Waals surface area contributed by atoms with Crippen molar-refractivity contribution < 1.29 is 9.18 Å². The van der Waals surface area contributed by atoms with E-state index in [1.165, 1.54) is 12.1 Å². The third-order valence-corrected chi connectivity index (χ3v) is 4.09. The molecule has 140 valence electrons. The normalized spacial score (nSPS) is 10.8. The Morgan fingerprint density at radius 3 is 2.75 bits per heavy atom. The van der Waals surface area contributed by atoms with Gasteiger partial charge in [0.05, 0.1) is 5.52 Å². The van der Waals surface area contributed by atoms with Gasteiger partial charge in [-0.15, -0.1) is 0 Å². The number of fused-ring (bicyclic) bond motifs is 1. The lowest BCUT2D eigenvalue weighted by Gasteiger charge is -2.07. The smallest absolute Gasteiger partial charge is 0.272 e. The second-order valence-corrected chi connectivity index (χ2v) is 6.07. The Balaban J connectivity index is 1.53. The summed E-state index contributed by atoms with van der Waals surface area (Å²) in [6, 6.07) is 13.1. The number of H-pyrrole nitrogens is 1. The number of amides is 1. The number of rotatable bonds is 5. The Morgan fingerprint density at radius 2 is 1.96 bits per heavy atom. The minimum Gasteiger partial charge on any atom is -0.368 e. The summed E-state index contributed by atoms with van der Waals surface area (Å²) in [6.07, 6.45) is 1.55. The van der Waals surface area contributed by atoms with E-state index in [0.717, 1.165) is 16.8 Å². The maximum Gasteiger partial charge on any atom is 0.272 e. The molecular formula is C19H16FN7O. The van der Waals surface area contributed by atoms with Gasteiger partial charge in [0.15, 0.2) is 5.69 Å². The SMILES string of the molecule is Nc1nccc(Nc2ccc3[nH]nc(C(=O)NCc4ccc(F)cc4)c3c2)n1. The van der Waals surface area contributed by atoms with Crippen LogP contribution in [0.3, 0.4) is 0 Å². The second-order valence-electron chi connectivity index (χ2n) is 6.07. The zero-order valence-corrected chi connectivity index (χ0v) is 14.6. The minimum absolute atomic E-state index is 0.162. The minimum atomic E-state index is -0.334. The topological polar surface area (TPSA) is 122 Å². The average molecular weight is 377 g/mol. The first-order valence-corrected chi connectivity index (χ1v) is 8.45. The van der Waals surface area contributed by atoms with E-state index in [2.05, 4.69) is 30.8 Å². The van der Waals surface area contributed by atoms with E-state index < -0.39 is 0 Å². The van der Waals surface area contributed by atoms with Crippen LogP contribution in [0.2, 0.25) is 0 Å². The zero-order valence-electron chi connectivity index (χ0n) is 14.6. The van der Waals surface area contributed by atoms with Crippen LogP contribution in [0.15, 0.2) is 54.7 Å². The van der Waals surface area contributed by atoms with Crippen LogP contribution in [0.5, 0.6) is 0 Å². The van der Waals surface area contributed by atoms with E-state index in [-0.39, 0.29) is 29.9 Å². The molecule has 0 atom stereocenters. The lowest BCUT2D eigenvalue weighted by molar-refractivity contribution is 0.0947. The van der Waals surface area contributed by atoms with E-state index in [4.69, 9.17) is 5.73 Å². The molecule has 0 fully saturated rings. The molecule has 1 amide bonds. The monoisotopic (exact) mass is 377 g/mol. The van der Waals surface area contributed by atoms with Crippen molar-refractivity contribution in [2.24, 2.45) is 0 Å². The van der Waals surface area contributed by atoms with Gasteiger partial charge in [0.1, 0.15) is 11.6 Å².